The van der Waals surface area contributed by atoms with E-state index in [1.165, 1.54) is 212 Å². The molecule has 76 heavy (non-hydrogen) atoms. The van der Waals surface area contributed by atoms with Crippen LogP contribution in [0, 0.1) is 0 Å². The van der Waals surface area contributed by atoms with E-state index in [-0.39, 0.29) is 37.5 Å². The van der Waals surface area contributed by atoms with Crippen molar-refractivity contribution in [3.63, 3.8) is 0 Å². The van der Waals surface area contributed by atoms with Crippen LogP contribution in [0.2, 0.25) is 0 Å². The van der Waals surface area contributed by atoms with E-state index in [9.17, 15) is 14.4 Å². The average molecular weight is 1060 g/mol. The van der Waals surface area contributed by atoms with Crippen molar-refractivity contribution in [3.8, 4) is 0 Å². The maximum Gasteiger partial charge on any atom is 0.306 e. The molecule has 0 aliphatic carbocycles. The number of ether oxygens (including phenoxy) is 3. The first kappa shape index (κ1) is 72.8. The highest BCUT2D eigenvalue weighted by Gasteiger charge is 2.19. The standard InChI is InChI=1S/C70H124O6/c1-4-7-10-13-16-18-20-22-24-26-28-29-30-31-32-33-34-35-36-37-38-39-40-41-43-44-46-48-50-52-54-57-60-63-69(72)75-66-67(65-74-68(71)62-59-56-15-12-9-6-3)76-70(73)64-61-58-55-53-51-49-47-45-42-27-25-23-21-19-17-14-11-8-5-2/h8,11,17,19,23,25,42,45,49,51,55,58,67H,4-7,9-10,12-16,18,20-22,24,26-41,43-44,46-48,50,52-54,56-57,59-66H2,1-3H3/b11-8-,19-17-,25-23-,45-42-,51-49-,58-55-. The smallest absolute Gasteiger partial charge is 0.306 e. The molecular weight excluding hydrogens is 937 g/mol. The molecule has 0 spiro atoms. The number of hydrogen-bond acceptors (Lipinski definition) is 6. The third kappa shape index (κ3) is 61.7. The molecule has 0 saturated carbocycles. The minimum atomic E-state index is -0.812. The second kappa shape index (κ2) is 64.4. The van der Waals surface area contributed by atoms with Gasteiger partial charge in [-0.2, -0.15) is 0 Å². The Bertz CT molecular complexity index is 1400. The van der Waals surface area contributed by atoms with Gasteiger partial charge in [0.2, 0.25) is 0 Å². The molecule has 1 unspecified atom stereocenters. The Hall–Kier alpha value is -3.15. The van der Waals surface area contributed by atoms with Crippen LogP contribution in [0.25, 0.3) is 0 Å². The van der Waals surface area contributed by atoms with Gasteiger partial charge in [0.05, 0.1) is 0 Å². The van der Waals surface area contributed by atoms with E-state index in [1.807, 2.05) is 6.08 Å². The summed E-state index contributed by atoms with van der Waals surface area (Å²) in [6.45, 7) is 6.44. The van der Waals surface area contributed by atoms with E-state index in [0.717, 1.165) is 77.0 Å². The summed E-state index contributed by atoms with van der Waals surface area (Å²) in [7, 11) is 0. The van der Waals surface area contributed by atoms with E-state index in [4.69, 9.17) is 14.2 Å². The second-order valence-corrected chi connectivity index (χ2v) is 22.0. The van der Waals surface area contributed by atoms with Gasteiger partial charge in [-0.1, -0.05) is 331 Å². The zero-order chi connectivity index (χ0) is 55.0. The fraction of sp³-hybridized carbons (Fsp3) is 0.786. The molecular formula is C70H124O6. The summed E-state index contributed by atoms with van der Waals surface area (Å²) in [5.41, 5.74) is 0. The van der Waals surface area contributed by atoms with Crippen molar-refractivity contribution in [3.05, 3.63) is 72.9 Å². The highest BCUT2D eigenvalue weighted by Crippen LogP contribution is 2.18. The first-order valence-corrected chi connectivity index (χ1v) is 32.9. The van der Waals surface area contributed by atoms with Crippen LogP contribution in [0.5, 0.6) is 0 Å². The van der Waals surface area contributed by atoms with Crippen LogP contribution in [-0.4, -0.2) is 37.2 Å². The zero-order valence-electron chi connectivity index (χ0n) is 50.5. The van der Waals surface area contributed by atoms with E-state index in [1.54, 1.807) is 0 Å². The highest BCUT2D eigenvalue weighted by molar-refractivity contribution is 5.71. The van der Waals surface area contributed by atoms with Crippen LogP contribution in [0.4, 0.5) is 0 Å². The Kier molecular flexibility index (Phi) is 61.7. The number of allylic oxidation sites excluding steroid dienone is 12. The summed E-state index contributed by atoms with van der Waals surface area (Å²) in [6, 6.07) is 0. The molecule has 0 radical (unpaired) electrons. The number of carbonyl (C=O) groups excluding carboxylic acids is 3. The molecule has 6 nitrogen and oxygen atoms in total. The summed E-state index contributed by atoms with van der Waals surface area (Å²) >= 11 is 0. The molecule has 0 N–H and O–H groups in total. The Labute approximate surface area is 472 Å². The zero-order valence-corrected chi connectivity index (χ0v) is 50.5. The lowest BCUT2D eigenvalue weighted by atomic mass is 10.0. The molecule has 0 heterocycles. The van der Waals surface area contributed by atoms with Gasteiger partial charge < -0.3 is 14.2 Å². The van der Waals surface area contributed by atoms with Gasteiger partial charge in [-0.15, -0.1) is 0 Å². The Balaban J connectivity index is 4.01. The van der Waals surface area contributed by atoms with Gasteiger partial charge in [-0.25, -0.2) is 0 Å². The van der Waals surface area contributed by atoms with Gasteiger partial charge >= 0.3 is 17.9 Å². The van der Waals surface area contributed by atoms with Crippen LogP contribution in [0.3, 0.4) is 0 Å². The lowest BCUT2D eigenvalue weighted by molar-refractivity contribution is -0.166. The van der Waals surface area contributed by atoms with Crippen LogP contribution in [-0.2, 0) is 28.6 Å². The molecule has 0 aromatic rings. The van der Waals surface area contributed by atoms with Crippen LogP contribution >= 0.6 is 0 Å². The van der Waals surface area contributed by atoms with Gasteiger partial charge in [0.15, 0.2) is 6.10 Å². The van der Waals surface area contributed by atoms with Crippen LogP contribution in [0.1, 0.15) is 335 Å². The Morgan fingerprint density at radius 3 is 0.776 bits per heavy atom. The number of carbonyl (C=O) groups is 3. The molecule has 440 valence electrons. The second-order valence-electron chi connectivity index (χ2n) is 22.0. The number of rotatable bonds is 60. The molecule has 0 aromatic carbocycles. The quantitative estimate of drug-likeness (QED) is 0.0261. The third-order valence-electron chi connectivity index (χ3n) is 14.5. The monoisotopic (exact) mass is 1060 g/mol. The first-order chi connectivity index (χ1) is 37.5. The van der Waals surface area contributed by atoms with Crippen LogP contribution in [0.15, 0.2) is 72.9 Å². The van der Waals surface area contributed by atoms with Gasteiger partial charge in [0.1, 0.15) is 13.2 Å². The predicted molar refractivity (Wildman–Crippen MR) is 330 cm³/mol. The fourth-order valence-electron chi connectivity index (χ4n) is 9.59. The Morgan fingerprint density at radius 1 is 0.276 bits per heavy atom. The molecule has 0 aliphatic rings. The maximum absolute atomic E-state index is 12.8. The molecule has 0 saturated heterocycles. The van der Waals surface area contributed by atoms with E-state index >= 15 is 0 Å². The van der Waals surface area contributed by atoms with Crippen molar-refractivity contribution in [1.29, 1.82) is 0 Å². The largest absolute Gasteiger partial charge is 0.462 e. The maximum atomic E-state index is 12.8. The summed E-state index contributed by atoms with van der Waals surface area (Å²) in [4.78, 5) is 37.9. The first-order valence-electron chi connectivity index (χ1n) is 32.9. The van der Waals surface area contributed by atoms with E-state index in [2.05, 4.69) is 87.6 Å². The minimum absolute atomic E-state index is 0.103. The predicted octanol–water partition coefficient (Wildman–Crippen LogP) is 22.5. The molecule has 0 aliphatic heterocycles. The highest BCUT2D eigenvalue weighted by atomic mass is 16.6. The molecule has 1 atom stereocenters. The molecule has 0 aromatic heterocycles. The Morgan fingerprint density at radius 2 is 0.513 bits per heavy atom. The topological polar surface area (TPSA) is 78.9 Å². The summed E-state index contributed by atoms with van der Waals surface area (Å²) in [5, 5.41) is 0. The fourth-order valence-corrected chi connectivity index (χ4v) is 9.59. The summed E-state index contributed by atoms with van der Waals surface area (Å²) in [5.74, 6) is -0.987. The molecule has 0 amide bonds. The van der Waals surface area contributed by atoms with Crippen LogP contribution < -0.4 is 0 Å². The van der Waals surface area contributed by atoms with Crippen molar-refractivity contribution < 1.29 is 28.6 Å². The van der Waals surface area contributed by atoms with Gasteiger partial charge in [-0.05, 0) is 57.8 Å². The van der Waals surface area contributed by atoms with Crippen molar-refractivity contribution in [2.45, 2.75) is 341 Å². The number of esters is 3. The lowest BCUT2D eigenvalue weighted by Crippen LogP contribution is -2.30. The lowest BCUT2D eigenvalue weighted by Gasteiger charge is -2.18. The average Bonchev–Trinajstić information content (AvgIpc) is 3.42. The van der Waals surface area contributed by atoms with E-state index in [0.29, 0.717) is 19.3 Å². The SMILES string of the molecule is CC/C=C\C/C=C\C/C=C\C/C=C\C/C=C\C/C=C\CCC(=O)OC(COC(=O)CCCCCCCC)COC(=O)CCCCCCCCCCCCCCCCCCCCCCCCCCCCCCCCCCC. The number of unbranched alkanes of at least 4 members (excludes halogenated alkanes) is 37. The summed E-state index contributed by atoms with van der Waals surface area (Å²) in [6.07, 6.45) is 84.3. The number of hydrogen-bond donors (Lipinski definition) is 0. The van der Waals surface area contributed by atoms with Gasteiger partial charge in [0, 0.05) is 19.3 Å². The molecule has 0 rings (SSSR count). The third-order valence-corrected chi connectivity index (χ3v) is 14.5. The van der Waals surface area contributed by atoms with Crippen molar-refractivity contribution in [1.82, 2.24) is 0 Å². The molecule has 0 bridgehead atoms. The van der Waals surface area contributed by atoms with Crippen molar-refractivity contribution in [2.24, 2.45) is 0 Å². The van der Waals surface area contributed by atoms with Gasteiger partial charge in [0.25, 0.3) is 0 Å². The van der Waals surface area contributed by atoms with E-state index < -0.39 is 6.10 Å². The van der Waals surface area contributed by atoms with Crippen molar-refractivity contribution in [2.75, 3.05) is 13.2 Å². The normalized spacial score (nSPS) is 12.5. The van der Waals surface area contributed by atoms with Gasteiger partial charge in [-0.3, -0.25) is 14.4 Å². The minimum Gasteiger partial charge on any atom is -0.462 e. The molecule has 6 heteroatoms. The van der Waals surface area contributed by atoms with Crippen molar-refractivity contribution >= 4 is 17.9 Å². The molecule has 0 fully saturated rings. The summed E-state index contributed by atoms with van der Waals surface area (Å²) < 4.78 is 16.7.